The van der Waals surface area contributed by atoms with E-state index in [1.165, 1.54) is 0 Å². The number of amides is 1. The van der Waals surface area contributed by atoms with Gasteiger partial charge in [-0.15, -0.1) is 0 Å². The highest BCUT2D eigenvalue weighted by atomic mass is 16.5. The van der Waals surface area contributed by atoms with E-state index in [-0.39, 0.29) is 11.9 Å². The van der Waals surface area contributed by atoms with Crippen LogP contribution in [-0.4, -0.2) is 26.1 Å². The Kier molecular flexibility index (Phi) is 4.97. The summed E-state index contributed by atoms with van der Waals surface area (Å²) >= 11 is 0. The van der Waals surface area contributed by atoms with Crippen LogP contribution in [0.25, 0.3) is 0 Å². The van der Waals surface area contributed by atoms with E-state index < -0.39 is 0 Å². The molecule has 0 spiro atoms. The average molecular weight is 236 g/mol. The molecule has 0 aromatic heterocycles. The number of nitrogens with two attached hydrogens (primary N) is 1. The van der Waals surface area contributed by atoms with Crippen LogP contribution in [0, 0.1) is 0 Å². The van der Waals surface area contributed by atoms with E-state index in [1.807, 2.05) is 31.2 Å². The predicted molar refractivity (Wildman–Crippen MR) is 69.3 cm³/mol. The monoisotopic (exact) mass is 236 g/mol. The Balaban J connectivity index is 2.61. The molecule has 0 aliphatic carbocycles. The van der Waals surface area contributed by atoms with Crippen LogP contribution in [-0.2, 0) is 4.79 Å². The first-order valence-corrected chi connectivity index (χ1v) is 5.70. The molecule has 17 heavy (non-hydrogen) atoms. The van der Waals surface area contributed by atoms with Gasteiger partial charge in [0.15, 0.2) is 0 Å². The maximum atomic E-state index is 11.8. The van der Waals surface area contributed by atoms with E-state index in [4.69, 9.17) is 10.5 Å². The Hall–Kier alpha value is -1.55. The fourth-order valence-electron chi connectivity index (χ4n) is 1.47. The Labute approximate surface area is 102 Å². The van der Waals surface area contributed by atoms with Crippen molar-refractivity contribution in [3.05, 3.63) is 24.3 Å². The van der Waals surface area contributed by atoms with Crippen molar-refractivity contribution >= 4 is 11.6 Å². The van der Waals surface area contributed by atoms with Gasteiger partial charge in [0, 0.05) is 25.2 Å². The summed E-state index contributed by atoms with van der Waals surface area (Å²) in [6.07, 6.45) is 1.18. The van der Waals surface area contributed by atoms with Crippen molar-refractivity contribution in [3.63, 3.8) is 0 Å². The first-order chi connectivity index (χ1) is 8.04. The predicted octanol–water partition coefficient (Wildman–Crippen LogP) is 1.79. The molecule has 4 heteroatoms. The zero-order valence-corrected chi connectivity index (χ0v) is 10.6. The first-order valence-electron chi connectivity index (χ1n) is 5.70. The number of carbonyl (C=O) groups excluding carboxylic acids is 1. The Morgan fingerprint density at radius 3 is 2.47 bits per heavy atom. The largest absolute Gasteiger partial charge is 0.497 e. The van der Waals surface area contributed by atoms with Crippen LogP contribution >= 0.6 is 0 Å². The number of hydrogen-bond donors (Lipinski definition) is 1. The molecule has 0 heterocycles. The van der Waals surface area contributed by atoms with Crippen molar-refractivity contribution in [2.24, 2.45) is 5.73 Å². The molecule has 1 atom stereocenters. The van der Waals surface area contributed by atoms with Crippen molar-refractivity contribution in [3.8, 4) is 5.75 Å². The highest BCUT2D eigenvalue weighted by Gasteiger charge is 2.11. The second-order valence-electron chi connectivity index (χ2n) is 4.17. The smallest absolute Gasteiger partial charge is 0.226 e. The van der Waals surface area contributed by atoms with Gasteiger partial charge in [-0.3, -0.25) is 4.79 Å². The molecule has 94 valence electrons. The minimum atomic E-state index is 0.0585. The molecule has 2 N–H and O–H groups in total. The Bertz CT molecular complexity index is 360. The van der Waals surface area contributed by atoms with Gasteiger partial charge in [0.2, 0.25) is 5.91 Å². The molecule has 1 unspecified atom stereocenters. The molecule has 0 aliphatic rings. The summed E-state index contributed by atoms with van der Waals surface area (Å²) < 4.78 is 5.07. The number of rotatable bonds is 5. The number of methoxy groups -OCH3 is 1. The van der Waals surface area contributed by atoms with Crippen LogP contribution in [0.2, 0.25) is 0 Å². The maximum absolute atomic E-state index is 11.8. The molecule has 4 nitrogen and oxygen atoms in total. The standard InChI is InChI=1S/C13H20N2O2/c1-10(14)4-9-13(16)15(2)11-5-7-12(17-3)8-6-11/h5-8,10H,4,9,14H2,1-3H3. The quantitative estimate of drug-likeness (QED) is 0.848. The second kappa shape index (κ2) is 6.25. The van der Waals surface area contributed by atoms with Gasteiger partial charge in [0.1, 0.15) is 5.75 Å². The van der Waals surface area contributed by atoms with E-state index in [9.17, 15) is 4.79 Å². The molecule has 0 radical (unpaired) electrons. The van der Waals surface area contributed by atoms with Gasteiger partial charge in [0.05, 0.1) is 7.11 Å². The fraction of sp³-hybridized carbons (Fsp3) is 0.462. The van der Waals surface area contributed by atoms with Crippen molar-refractivity contribution in [2.45, 2.75) is 25.8 Å². The van der Waals surface area contributed by atoms with E-state index in [0.29, 0.717) is 12.8 Å². The molecule has 1 aromatic rings. The zero-order valence-electron chi connectivity index (χ0n) is 10.6. The minimum absolute atomic E-state index is 0.0585. The van der Waals surface area contributed by atoms with Crippen molar-refractivity contribution in [1.29, 1.82) is 0 Å². The van der Waals surface area contributed by atoms with E-state index in [1.54, 1.807) is 19.1 Å². The third-order valence-electron chi connectivity index (χ3n) is 2.65. The molecule has 0 fully saturated rings. The van der Waals surface area contributed by atoms with Gasteiger partial charge < -0.3 is 15.4 Å². The summed E-state index contributed by atoms with van der Waals surface area (Å²) in [6, 6.07) is 7.46. The third-order valence-corrected chi connectivity index (χ3v) is 2.65. The normalized spacial score (nSPS) is 12.0. The lowest BCUT2D eigenvalue weighted by Gasteiger charge is -2.18. The van der Waals surface area contributed by atoms with Gasteiger partial charge in [-0.05, 0) is 37.6 Å². The van der Waals surface area contributed by atoms with Crippen LogP contribution in [0.15, 0.2) is 24.3 Å². The van der Waals surface area contributed by atoms with Crippen LogP contribution in [0.5, 0.6) is 5.75 Å². The minimum Gasteiger partial charge on any atom is -0.497 e. The lowest BCUT2D eigenvalue weighted by atomic mass is 10.2. The molecule has 0 aliphatic heterocycles. The van der Waals surface area contributed by atoms with Crippen molar-refractivity contribution in [1.82, 2.24) is 0 Å². The number of ether oxygens (including phenoxy) is 1. The van der Waals surface area contributed by atoms with E-state index in [2.05, 4.69) is 0 Å². The average Bonchev–Trinajstić information content (AvgIpc) is 2.35. The number of benzene rings is 1. The zero-order chi connectivity index (χ0) is 12.8. The van der Waals surface area contributed by atoms with E-state index in [0.717, 1.165) is 11.4 Å². The summed E-state index contributed by atoms with van der Waals surface area (Å²) in [6.45, 7) is 1.90. The highest BCUT2D eigenvalue weighted by Crippen LogP contribution is 2.18. The SMILES string of the molecule is COc1ccc(N(C)C(=O)CCC(C)N)cc1. The van der Waals surface area contributed by atoms with Gasteiger partial charge in [-0.1, -0.05) is 0 Å². The van der Waals surface area contributed by atoms with Crippen LogP contribution in [0.1, 0.15) is 19.8 Å². The molecule has 0 saturated carbocycles. The number of nitrogens with zero attached hydrogens (tertiary/aromatic N) is 1. The molecule has 1 rings (SSSR count). The molecule has 0 bridgehead atoms. The van der Waals surface area contributed by atoms with E-state index >= 15 is 0 Å². The molecule has 0 saturated heterocycles. The van der Waals surface area contributed by atoms with Crippen molar-refractivity contribution in [2.75, 3.05) is 19.1 Å². The molecular weight excluding hydrogens is 216 g/mol. The molecule has 1 aromatic carbocycles. The van der Waals surface area contributed by atoms with Crippen LogP contribution in [0.3, 0.4) is 0 Å². The molecular formula is C13H20N2O2. The maximum Gasteiger partial charge on any atom is 0.226 e. The third kappa shape index (κ3) is 4.07. The summed E-state index contributed by atoms with van der Waals surface area (Å²) in [4.78, 5) is 13.5. The Morgan fingerprint density at radius 2 is 2.00 bits per heavy atom. The summed E-state index contributed by atoms with van der Waals surface area (Å²) in [5.74, 6) is 0.859. The summed E-state index contributed by atoms with van der Waals surface area (Å²) in [5, 5.41) is 0. The van der Waals surface area contributed by atoms with Crippen LogP contribution < -0.4 is 15.4 Å². The van der Waals surface area contributed by atoms with Gasteiger partial charge >= 0.3 is 0 Å². The Morgan fingerprint density at radius 1 is 1.41 bits per heavy atom. The lowest BCUT2D eigenvalue weighted by Crippen LogP contribution is -2.28. The topological polar surface area (TPSA) is 55.6 Å². The number of hydrogen-bond acceptors (Lipinski definition) is 3. The van der Waals surface area contributed by atoms with Crippen LogP contribution in [0.4, 0.5) is 5.69 Å². The first kappa shape index (κ1) is 13.5. The highest BCUT2D eigenvalue weighted by molar-refractivity contribution is 5.92. The van der Waals surface area contributed by atoms with Crippen molar-refractivity contribution < 1.29 is 9.53 Å². The fourth-order valence-corrected chi connectivity index (χ4v) is 1.47. The van der Waals surface area contributed by atoms with Gasteiger partial charge in [-0.25, -0.2) is 0 Å². The summed E-state index contributed by atoms with van der Waals surface area (Å²) in [5.41, 5.74) is 6.49. The second-order valence-corrected chi connectivity index (χ2v) is 4.17. The summed E-state index contributed by atoms with van der Waals surface area (Å²) in [7, 11) is 3.39. The number of carbonyl (C=O) groups is 1. The number of anilines is 1. The van der Waals surface area contributed by atoms with Gasteiger partial charge in [0.25, 0.3) is 0 Å². The van der Waals surface area contributed by atoms with Gasteiger partial charge in [-0.2, -0.15) is 0 Å². The molecule has 1 amide bonds. The lowest BCUT2D eigenvalue weighted by molar-refractivity contribution is -0.118.